The minimum atomic E-state index is -0.296. The molecule has 1 heterocycles. The molecule has 0 saturated carbocycles. The van der Waals surface area contributed by atoms with Crippen molar-refractivity contribution in [3.63, 3.8) is 0 Å². The van der Waals surface area contributed by atoms with Crippen LogP contribution < -0.4 is 11.1 Å². The van der Waals surface area contributed by atoms with Crippen molar-refractivity contribution in [2.75, 3.05) is 5.32 Å². The summed E-state index contributed by atoms with van der Waals surface area (Å²) in [4.78, 5) is 13.0. The molecule has 0 radical (unpaired) electrons. The lowest BCUT2D eigenvalue weighted by molar-refractivity contribution is 0.102. The molecule has 0 bridgehead atoms. The predicted octanol–water partition coefficient (Wildman–Crippen LogP) is 3.20. The minimum Gasteiger partial charge on any atom is -0.389 e. The molecule has 1 aromatic carbocycles. The fourth-order valence-electron chi connectivity index (χ4n) is 1.69. The highest BCUT2D eigenvalue weighted by molar-refractivity contribution is 7.80. The Morgan fingerprint density at radius 2 is 2.19 bits per heavy atom. The number of hydrogen-bond acceptors (Lipinski definition) is 5. The van der Waals surface area contributed by atoms with Gasteiger partial charge in [-0.1, -0.05) is 48.2 Å². The Hall–Kier alpha value is -1.57. The van der Waals surface area contributed by atoms with Gasteiger partial charge in [-0.15, -0.1) is 5.10 Å². The van der Waals surface area contributed by atoms with Gasteiger partial charge < -0.3 is 11.1 Å². The van der Waals surface area contributed by atoms with E-state index in [0.717, 1.165) is 11.5 Å². The van der Waals surface area contributed by atoms with Crippen LogP contribution >= 0.6 is 35.4 Å². The molecular weight excluding hydrogens is 328 g/mol. The summed E-state index contributed by atoms with van der Waals surface area (Å²) in [6.45, 7) is 3.90. The number of amides is 1. The van der Waals surface area contributed by atoms with Gasteiger partial charge in [0.15, 0.2) is 0 Å². The molecule has 1 aromatic heterocycles. The third kappa shape index (κ3) is 3.55. The molecule has 0 aliphatic carbocycles. The quantitative estimate of drug-likeness (QED) is 0.835. The van der Waals surface area contributed by atoms with Gasteiger partial charge in [0.25, 0.3) is 5.91 Å². The summed E-state index contributed by atoms with van der Waals surface area (Å²) < 4.78 is 3.83. The number of nitrogens with two attached hydrogens (primary N) is 1. The lowest BCUT2D eigenvalue weighted by Gasteiger charge is -2.09. The first-order valence-corrected chi connectivity index (χ1v) is 7.69. The van der Waals surface area contributed by atoms with E-state index in [1.165, 1.54) is 0 Å². The summed E-state index contributed by atoms with van der Waals surface area (Å²) in [7, 11) is 0. The number of anilines is 1. The number of thiocarbonyl (C=S) groups is 1. The highest BCUT2D eigenvalue weighted by Crippen LogP contribution is 2.26. The number of rotatable bonds is 4. The van der Waals surface area contributed by atoms with Gasteiger partial charge in [-0.3, -0.25) is 4.79 Å². The van der Waals surface area contributed by atoms with E-state index in [0.29, 0.717) is 26.8 Å². The Bertz CT molecular complexity index is 699. The molecule has 2 rings (SSSR count). The molecular formula is C13H13ClN4OS2. The first-order valence-electron chi connectivity index (χ1n) is 6.13. The van der Waals surface area contributed by atoms with Gasteiger partial charge in [-0.05, 0) is 29.6 Å². The second-order valence-corrected chi connectivity index (χ2v) is 6.26. The zero-order valence-electron chi connectivity index (χ0n) is 11.4. The van der Waals surface area contributed by atoms with Crippen LogP contribution in [0.1, 0.15) is 40.7 Å². The van der Waals surface area contributed by atoms with Crippen LogP contribution in [-0.2, 0) is 0 Å². The standard InChI is InChI=1S/C13H13ClN4OS2/c1-6(2)10-11(21-18-17-10)13(19)16-9-5-7(12(15)20)3-4-8(9)14/h3-6H,1-2H3,(H2,15,20)(H,16,19). The van der Waals surface area contributed by atoms with Gasteiger partial charge in [0.2, 0.25) is 0 Å². The maximum atomic E-state index is 12.3. The molecule has 0 aliphatic heterocycles. The Morgan fingerprint density at radius 3 is 2.81 bits per heavy atom. The Balaban J connectivity index is 2.29. The fraction of sp³-hybridized carbons (Fsp3) is 0.231. The maximum absolute atomic E-state index is 12.3. The Morgan fingerprint density at radius 1 is 1.48 bits per heavy atom. The average molecular weight is 341 g/mol. The molecule has 5 nitrogen and oxygen atoms in total. The van der Waals surface area contributed by atoms with Crippen molar-refractivity contribution in [2.45, 2.75) is 19.8 Å². The van der Waals surface area contributed by atoms with Crippen molar-refractivity contribution >= 4 is 51.9 Å². The fourth-order valence-corrected chi connectivity index (χ4v) is 2.69. The highest BCUT2D eigenvalue weighted by Gasteiger charge is 2.19. The van der Waals surface area contributed by atoms with Crippen LogP contribution in [0.25, 0.3) is 0 Å². The largest absolute Gasteiger partial charge is 0.389 e. The normalized spacial score (nSPS) is 10.7. The van der Waals surface area contributed by atoms with Crippen molar-refractivity contribution in [1.29, 1.82) is 0 Å². The number of benzene rings is 1. The number of hydrogen-bond donors (Lipinski definition) is 2. The van der Waals surface area contributed by atoms with E-state index in [9.17, 15) is 4.79 Å². The smallest absolute Gasteiger partial charge is 0.269 e. The van der Waals surface area contributed by atoms with Crippen LogP contribution in [0, 0.1) is 0 Å². The van der Waals surface area contributed by atoms with E-state index in [2.05, 4.69) is 14.9 Å². The third-order valence-electron chi connectivity index (χ3n) is 2.77. The third-order valence-corrected chi connectivity index (χ3v) is 4.07. The summed E-state index contributed by atoms with van der Waals surface area (Å²) in [5, 5.41) is 7.14. The van der Waals surface area contributed by atoms with E-state index in [4.69, 9.17) is 29.6 Å². The van der Waals surface area contributed by atoms with Crippen molar-refractivity contribution in [1.82, 2.24) is 9.59 Å². The first kappa shape index (κ1) is 15.8. The zero-order valence-corrected chi connectivity index (χ0v) is 13.8. The SMILES string of the molecule is CC(C)c1nnsc1C(=O)Nc1cc(C(N)=S)ccc1Cl. The average Bonchev–Trinajstić information content (AvgIpc) is 2.90. The molecule has 3 N–H and O–H groups in total. The number of halogens is 1. The molecule has 0 aliphatic rings. The molecule has 110 valence electrons. The molecule has 0 atom stereocenters. The van der Waals surface area contributed by atoms with Gasteiger partial charge >= 0.3 is 0 Å². The number of aromatic nitrogens is 2. The molecule has 1 amide bonds. The summed E-state index contributed by atoms with van der Waals surface area (Å²) in [5.74, 6) is -0.182. The highest BCUT2D eigenvalue weighted by atomic mass is 35.5. The number of nitrogens with zero attached hydrogens (tertiary/aromatic N) is 2. The Labute approximate surface area is 136 Å². The van der Waals surface area contributed by atoms with Crippen LogP contribution in [0.4, 0.5) is 5.69 Å². The first-order chi connectivity index (χ1) is 9.90. The molecule has 0 saturated heterocycles. The lowest BCUT2D eigenvalue weighted by atomic mass is 10.1. The molecule has 0 unspecified atom stereocenters. The predicted molar refractivity (Wildman–Crippen MR) is 89.3 cm³/mol. The lowest BCUT2D eigenvalue weighted by Crippen LogP contribution is -2.15. The van der Waals surface area contributed by atoms with E-state index in [1.54, 1.807) is 18.2 Å². The van der Waals surface area contributed by atoms with Crippen LogP contribution in [0.2, 0.25) is 5.02 Å². The number of carbonyl (C=O) groups excluding carboxylic acids is 1. The number of carbonyl (C=O) groups is 1. The van der Waals surface area contributed by atoms with E-state index in [1.807, 2.05) is 13.8 Å². The van der Waals surface area contributed by atoms with E-state index in [-0.39, 0.29) is 16.8 Å². The number of nitrogens with one attached hydrogen (secondary N) is 1. The van der Waals surface area contributed by atoms with Gasteiger partial charge in [0.1, 0.15) is 9.87 Å². The van der Waals surface area contributed by atoms with E-state index < -0.39 is 0 Å². The van der Waals surface area contributed by atoms with Crippen LogP contribution in [0.15, 0.2) is 18.2 Å². The van der Waals surface area contributed by atoms with Gasteiger partial charge in [0.05, 0.1) is 16.4 Å². The van der Waals surface area contributed by atoms with Gasteiger partial charge in [-0.25, -0.2) is 0 Å². The second-order valence-electron chi connectivity index (χ2n) is 4.66. The summed E-state index contributed by atoms with van der Waals surface area (Å²) in [5.41, 5.74) is 7.33. The summed E-state index contributed by atoms with van der Waals surface area (Å²) in [6, 6.07) is 4.99. The van der Waals surface area contributed by atoms with Gasteiger partial charge in [0, 0.05) is 5.56 Å². The van der Waals surface area contributed by atoms with Gasteiger partial charge in [-0.2, -0.15) is 0 Å². The topological polar surface area (TPSA) is 80.9 Å². The van der Waals surface area contributed by atoms with Crippen molar-refractivity contribution in [3.8, 4) is 0 Å². The molecule has 8 heteroatoms. The molecule has 2 aromatic rings. The summed E-state index contributed by atoms with van der Waals surface area (Å²) >= 11 is 12.1. The Kier molecular flexibility index (Phi) is 4.87. The zero-order chi connectivity index (χ0) is 15.6. The maximum Gasteiger partial charge on any atom is 0.269 e. The van der Waals surface area contributed by atoms with Crippen LogP contribution in [0.3, 0.4) is 0 Å². The van der Waals surface area contributed by atoms with Crippen molar-refractivity contribution in [2.24, 2.45) is 5.73 Å². The van der Waals surface area contributed by atoms with Crippen LogP contribution in [-0.4, -0.2) is 20.5 Å². The molecule has 21 heavy (non-hydrogen) atoms. The molecule has 0 spiro atoms. The second kappa shape index (κ2) is 6.46. The van der Waals surface area contributed by atoms with Crippen LogP contribution in [0.5, 0.6) is 0 Å². The monoisotopic (exact) mass is 340 g/mol. The van der Waals surface area contributed by atoms with E-state index >= 15 is 0 Å². The minimum absolute atomic E-state index is 0.114. The van der Waals surface area contributed by atoms with Crippen molar-refractivity contribution in [3.05, 3.63) is 39.4 Å². The van der Waals surface area contributed by atoms with Crippen molar-refractivity contribution < 1.29 is 4.79 Å². The molecule has 0 fully saturated rings. The summed E-state index contributed by atoms with van der Waals surface area (Å²) in [6.07, 6.45) is 0.